The quantitative estimate of drug-likeness (QED) is 0.626. The molecule has 1 aliphatic heterocycles. The van der Waals surface area contributed by atoms with Crippen LogP contribution in [0, 0.1) is 0 Å². The van der Waals surface area contributed by atoms with E-state index in [1.54, 1.807) is 6.20 Å². The molecule has 0 bridgehead atoms. The molecule has 2 heterocycles. The molecule has 2 aromatic rings. The lowest BCUT2D eigenvalue weighted by molar-refractivity contribution is -0.123. The van der Waals surface area contributed by atoms with Gasteiger partial charge in [-0.25, -0.2) is 10.9 Å². The molecule has 3 rings (SSSR count). The second-order valence-electron chi connectivity index (χ2n) is 5.65. The number of benzene rings is 1. The number of aryl methyl sites for hydroxylation is 1. The average Bonchev–Trinajstić information content (AvgIpc) is 3.19. The van der Waals surface area contributed by atoms with Gasteiger partial charge in [-0.1, -0.05) is 30.3 Å². The highest BCUT2D eigenvalue weighted by atomic mass is 16.2. The van der Waals surface area contributed by atoms with Crippen molar-refractivity contribution in [2.75, 3.05) is 0 Å². The van der Waals surface area contributed by atoms with Crippen molar-refractivity contribution in [1.82, 2.24) is 25.9 Å². The average molecular weight is 314 g/mol. The number of nitrogens with two attached hydrogens (primary N) is 1. The molecule has 1 fully saturated rings. The fraction of sp³-hybridized carbons (Fsp3) is 0.375. The molecule has 1 aromatic carbocycles. The van der Waals surface area contributed by atoms with Crippen molar-refractivity contribution < 1.29 is 4.79 Å². The molecule has 122 valence electrons. The third-order valence-corrected chi connectivity index (χ3v) is 4.10. The molecule has 1 saturated heterocycles. The first-order valence-electron chi connectivity index (χ1n) is 7.79. The van der Waals surface area contributed by atoms with E-state index in [0.717, 1.165) is 17.7 Å². The first-order valence-corrected chi connectivity index (χ1v) is 7.79. The van der Waals surface area contributed by atoms with Gasteiger partial charge in [0.1, 0.15) is 6.04 Å². The molecule has 0 saturated carbocycles. The topological polar surface area (TPSA) is 97.0 Å². The van der Waals surface area contributed by atoms with E-state index in [-0.39, 0.29) is 18.0 Å². The highest BCUT2D eigenvalue weighted by Crippen LogP contribution is 2.25. The number of amides is 1. The Labute approximate surface area is 135 Å². The van der Waals surface area contributed by atoms with E-state index in [2.05, 4.69) is 21.3 Å². The van der Waals surface area contributed by atoms with Gasteiger partial charge in [0, 0.05) is 30.8 Å². The number of carbonyl (C=O) groups is 1. The van der Waals surface area contributed by atoms with Crippen molar-refractivity contribution in [3.05, 3.63) is 53.9 Å². The number of nitrogens with one attached hydrogen (secondary N) is 3. The highest BCUT2D eigenvalue weighted by Gasteiger charge is 2.39. The predicted octanol–water partition coefficient (Wildman–Crippen LogP) is 0.0642. The second kappa shape index (κ2) is 6.91. The van der Waals surface area contributed by atoms with Crippen LogP contribution in [0.1, 0.15) is 24.0 Å². The van der Waals surface area contributed by atoms with E-state index in [1.807, 2.05) is 48.1 Å². The molecule has 3 unspecified atom stereocenters. The van der Waals surface area contributed by atoms with E-state index in [1.165, 1.54) is 0 Å². The van der Waals surface area contributed by atoms with Crippen molar-refractivity contribution >= 4 is 5.91 Å². The summed E-state index contributed by atoms with van der Waals surface area (Å²) in [6, 6.07) is 9.43. The Bertz CT molecular complexity index is 656. The Balaban J connectivity index is 1.66. The monoisotopic (exact) mass is 314 g/mol. The van der Waals surface area contributed by atoms with Gasteiger partial charge in [0.15, 0.2) is 0 Å². The number of aromatic nitrogens is 2. The van der Waals surface area contributed by atoms with E-state index >= 15 is 0 Å². The molecule has 0 spiro atoms. The lowest BCUT2D eigenvalue weighted by Gasteiger charge is -2.20. The Morgan fingerprint density at radius 2 is 2.13 bits per heavy atom. The molecule has 1 aromatic heterocycles. The SMILES string of the molecule is CCn1cc(CNC(=O)C2NNC(N)C2c2ccccc2)cn1. The first kappa shape index (κ1) is 15.7. The van der Waals surface area contributed by atoms with Gasteiger partial charge in [-0.05, 0) is 12.5 Å². The molecule has 7 heteroatoms. The maximum atomic E-state index is 12.5. The van der Waals surface area contributed by atoms with Crippen molar-refractivity contribution in [2.45, 2.75) is 38.1 Å². The Kier molecular flexibility index (Phi) is 4.71. The predicted molar refractivity (Wildman–Crippen MR) is 87.0 cm³/mol. The van der Waals surface area contributed by atoms with Crippen molar-refractivity contribution in [3.63, 3.8) is 0 Å². The van der Waals surface area contributed by atoms with Crippen LogP contribution in [0.3, 0.4) is 0 Å². The number of hydrazine groups is 1. The summed E-state index contributed by atoms with van der Waals surface area (Å²) in [7, 11) is 0. The van der Waals surface area contributed by atoms with Gasteiger partial charge >= 0.3 is 0 Å². The van der Waals surface area contributed by atoms with E-state index in [4.69, 9.17) is 5.73 Å². The number of carbonyl (C=O) groups excluding carboxylic acids is 1. The van der Waals surface area contributed by atoms with Crippen molar-refractivity contribution in [1.29, 1.82) is 0 Å². The number of nitrogens with zero attached hydrogens (tertiary/aromatic N) is 2. The molecule has 0 radical (unpaired) electrons. The van der Waals surface area contributed by atoms with Crippen LogP contribution >= 0.6 is 0 Å². The van der Waals surface area contributed by atoms with Gasteiger partial charge in [-0.15, -0.1) is 0 Å². The lowest BCUT2D eigenvalue weighted by Crippen LogP contribution is -2.44. The molecule has 1 aliphatic rings. The first-order chi connectivity index (χ1) is 11.2. The van der Waals surface area contributed by atoms with Gasteiger partial charge < -0.3 is 11.1 Å². The molecular weight excluding hydrogens is 292 g/mol. The summed E-state index contributed by atoms with van der Waals surface area (Å²) in [5.41, 5.74) is 14.1. The minimum Gasteiger partial charge on any atom is -0.350 e. The standard InChI is InChI=1S/C16H22N6O/c1-2-22-10-11(9-19-22)8-18-16(23)14-13(15(17)21-20-14)12-6-4-3-5-7-12/h3-7,9-10,13-15,20-21H,2,8,17H2,1H3,(H,18,23). The molecular formula is C16H22N6O. The summed E-state index contributed by atoms with van der Waals surface area (Å²) >= 11 is 0. The normalized spacial score (nSPS) is 23.8. The van der Waals surface area contributed by atoms with Gasteiger partial charge in [-0.2, -0.15) is 5.10 Å². The largest absolute Gasteiger partial charge is 0.350 e. The third-order valence-electron chi connectivity index (χ3n) is 4.10. The highest BCUT2D eigenvalue weighted by molar-refractivity contribution is 5.83. The maximum Gasteiger partial charge on any atom is 0.239 e. The van der Waals surface area contributed by atoms with Gasteiger partial charge in [0.2, 0.25) is 5.91 Å². The minimum absolute atomic E-state index is 0.0800. The Morgan fingerprint density at radius 3 is 2.83 bits per heavy atom. The Hall–Kier alpha value is -2.22. The molecule has 5 N–H and O–H groups in total. The van der Waals surface area contributed by atoms with Gasteiger partial charge in [-0.3, -0.25) is 9.48 Å². The molecule has 3 atom stereocenters. The zero-order valence-electron chi connectivity index (χ0n) is 13.1. The van der Waals surface area contributed by atoms with E-state index in [9.17, 15) is 4.79 Å². The van der Waals surface area contributed by atoms with E-state index in [0.29, 0.717) is 6.54 Å². The van der Waals surface area contributed by atoms with Crippen LogP contribution in [-0.2, 0) is 17.9 Å². The summed E-state index contributed by atoms with van der Waals surface area (Å²) in [5.74, 6) is -0.196. The maximum absolute atomic E-state index is 12.5. The number of hydrogen-bond acceptors (Lipinski definition) is 5. The lowest BCUT2D eigenvalue weighted by atomic mass is 9.90. The van der Waals surface area contributed by atoms with E-state index < -0.39 is 6.04 Å². The summed E-state index contributed by atoms with van der Waals surface area (Å²) in [6.07, 6.45) is 3.39. The molecule has 0 aliphatic carbocycles. The van der Waals surface area contributed by atoms with Crippen LogP contribution < -0.4 is 21.9 Å². The molecule has 1 amide bonds. The summed E-state index contributed by atoms with van der Waals surface area (Å²) in [5, 5.41) is 7.15. The summed E-state index contributed by atoms with van der Waals surface area (Å²) in [4.78, 5) is 12.5. The minimum atomic E-state index is -0.409. The second-order valence-corrected chi connectivity index (χ2v) is 5.65. The third kappa shape index (κ3) is 3.42. The molecule has 23 heavy (non-hydrogen) atoms. The van der Waals surface area contributed by atoms with Crippen molar-refractivity contribution in [2.24, 2.45) is 5.73 Å². The summed E-state index contributed by atoms with van der Waals surface area (Å²) < 4.78 is 1.83. The fourth-order valence-corrected chi connectivity index (χ4v) is 2.85. The Morgan fingerprint density at radius 1 is 1.35 bits per heavy atom. The van der Waals surface area contributed by atoms with Crippen LogP contribution in [0.2, 0.25) is 0 Å². The van der Waals surface area contributed by atoms with Crippen LogP contribution in [0.25, 0.3) is 0 Å². The zero-order valence-corrected chi connectivity index (χ0v) is 13.1. The van der Waals surface area contributed by atoms with Crippen LogP contribution in [0.15, 0.2) is 42.7 Å². The smallest absolute Gasteiger partial charge is 0.239 e. The molecule has 7 nitrogen and oxygen atoms in total. The van der Waals surface area contributed by atoms with Gasteiger partial charge in [0.05, 0.1) is 12.4 Å². The van der Waals surface area contributed by atoms with Crippen LogP contribution in [-0.4, -0.2) is 27.9 Å². The number of hydrogen-bond donors (Lipinski definition) is 4. The van der Waals surface area contributed by atoms with Crippen LogP contribution in [0.4, 0.5) is 0 Å². The zero-order chi connectivity index (χ0) is 16.2. The summed E-state index contributed by atoms with van der Waals surface area (Å²) in [6.45, 7) is 3.29. The van der Waals surface area contributed by atoms with Gasteiger partial charge in [0.25, 0.3) is 0 Å². The fourth-order valence-electron chi connectivity index (χ4n) is 2.85. The van der Waals surface area contributed by atoms with Crippen molar-refractivity contribution in [3.8, 4) is 0 Å². The number of rotatable bonds is 5. The van der Waals surface area contributed by atoms with Crippen LogP contribution in [0.5, 0.6) is 0 Å².